The van der Waals surface area contributed by atoms with Gasteiger partial charge in [-0.05, 0) is 34.9 Å². The van der Waals surface area contributed by atoms with Gasteiger partial charge in [0.15, 0.2) is 11.5 Å². The van der Waals surface area contributed by atoms with Gasteiger partial charge in [-0.1, -0.05) is 66.7 Å². The second-order valence-corrected chi connectivity index (χ2v) is 9.09. The van der Waals surface area contributed by atoms with Crippen LogP contribution in [0.4, 0.5) is 13.2 Å². The Morgan fingerprint density at radius 3 is 2.12 bits per heavy atom. The maximum atomic E-state index is 13.0. The van der Waals surface area contributed by atoms with E-state index >= 15 is 0 Å². The fraction of sp³-hybridized carbons (Fsp3) is 0.129. The maximum absolute atomic E-state index is 13.0. The average molecular weight is 544 g/mol. The second kappa shape index (κ2) is 11.1. The van der Waals surface area contributed by atoms with Gasteiger partial charge in [-0.15, -0.1) is 0 Å². The van der Waals surface area contributed by atoms with Crippen LogP contribution in [-0.4, -0.2) is 23.0 Å². The zero-order chi connectivity index (χ0) is 28.3. The number of halogens is 3. The van der Waals surface area contributed by atoms with Crippen molar-refractivity contribution in [1.82, 2.24) is 9.97 Å². The summed E-state index contributed by atoms with van der Waals surface area (Å²) in [5.41, 5.74) is 8.81. The molecule has 0 saturated heterocycles. The van der Waals surface area contributed by atoms with Gasteiger partial charge in [0, 0.05) is 17.0 Å². The van der Waals surface area contributed by atoms with Gasteiger partial charge in [-0.3, -0.25) is 4.79 Å². The van der Waals surface area contributed by atoms with Crippen LogP contribution in [0.1, 0.15) is 28.2 Å². The van der Waals surface area contributed by atoms with Crippen molar-refractivity contribution in [3.63, 3.8) is 0 Å². The number of alkyl halides is 3. The van der Waals surface area contributed by atoms with E-state index in [0.29, 0.717) is 40.4 Å². The Morgan fingerprint density at radius 2 is 1.52 bits per heavy atom. The van der Waals surface area contributed by atoms with E-state index in [1.165, 1.54) is 18.5 Å². The molecule has 1 heterocycles. The average Bonchev–Trinajstić information content (AvgIpc) is 2.96. The number of hydrogen-bond acceptors (Lipinski definition) is 5. The lowest BCUT2D eigenvalue weighted by Gasteiger charge is -2.16. The van der Waals surface area contributed by atoms with Crippen molar-refractivity contribution in [2.24, 2.45) is 5.73 Å². The fourth-order valence-electron chi connectivity index (χ4n) is 4.52. The Morgan fingerprint density at radius 1 is 0.875 bits per heavy atom. The third kappa shape index (κ3) is 5.58. The zero-order valence-electron chi connectivity index (χ0n) is 21.4. The number of hydrogen-bond donors (Lipinski definition) is 1. The molecule has 0 aliphatic carbocycles. The van der Waals surface area contributed by atoms with Crippen LogP contribution in [0, 0.1) is 0 Å². The minimum absolute atomic E-state index is 0.363. The molecule has 2 N–H and O–H groups in total. The van der Waals surface area contributed by atoms with Gasteiger partial charge in [0.25, 0.3) is 0 Å². The maximum Gasteiger partial charge on any atom is 0.416 e. The van der Waals surface area contributed by atoms with E-state index in [1.54, 1.807) is 37.4 Å². The summed E-state index contributed by atoms with van der Waals surface area (Å²) in [4.78, 5) is 21.2. The number of carbonyl (C=O) groups is 1. The van der Waals surface area contributed by atoms with E-state index in [1.807, 2.05) is 36.4 Å². The second-order valence-electron chi connectivity index (χ2n) is 9.09. The number of nitrogens with two attached hydrogens (primary N) is 1. The fourth-order valence-corrected chi connectivity index (χ4v) is 4.52. The lowest BCUT2D eigenvalue weighted by molar-refractivity contribution is -0.137. The van der Waals surface area contributed by atoms with Crippen molar-refractivity contribution < 1.29 is 27.4 Å². The number of primary amides is 1. The molecule has 40 heavy (non-hydrogen) atoms. The first-order valence-electron chi connectivity index (χ1n) is 12.3. The van der Waals surface area contributed by atoms with Crippen LogP contribution >= 0.6 is 0 Å². The van der Waals surface area contributed by atoms with Gasteiger partial charge < -0.3 is 15.2 Å². The number of rotatable bonds is 8. The van der Waals surface area contributed by atoms with Crippen molar-refractivity contribution >= 4 is 16.8 Å². The zero-order valence-corrected chi connectivity index (χ0v) is 21.4. The highest BCUT2D eigenvalue weighted by Gasteiger charge is 2.31. The normalized spacial score (nSPS) is 12.2. The van der Waals surface area contributed by atoms with Crippen molar-refractivity contribution in [1.29, 1.82) is 0 Å². The van der Waals surface area contributed by atoms with Crippen LogP contribution in [0.5, 0.6) is 11.5 Å². The van der Waals surface area contributed by atoms with Gasteiger partial charge in [0.2, 0.25) is 5.91 Å². The molecule has 1 amide bonds. The molecule has 9 heteroatoms. The molecule has 0 fully saturated rings. The van der Waals surface area contributed by atoms with E-state index in [9.17, 15) is 18.0 Å². The minimum Gasteiger partial charge on any atom is -0.493 e. The molecule has 0 saturated carbocycles. The topological polar surface area (TPSA) is 87.3 Å². The van der Waals surface area contributed by atoms with Crippen LogP contribution in [0.3, 0.4) is 0 Å². The van der Waals surface area contributed by atoms with Gasteiger partial charge in [-0.25, -0.2) is 9.97 Å². The molecule has 0 radical (unpaired) electrons. The predicted molar refractivity (Wildman–Crippen MR) is 145 cm³/mol. The van der Waals surface area contributed by atoms with Crippen LogP contribution in [0.2, 0.25) is 0 Å². The van der Waals surface area contributed by atoms with Gasteiger partial charge in [0.1, 0.15) is 12.9 Å². The van der Waals surface area contributed by atoms with Gasteiger partial charge in [-0.2, -0.15) is 13.2 Å². The van der Waals surface area contributed by atoms with E-state index in [-0.39, 0.29) is 0 Å². The molecule has 5 aromatic rings. The monoisotopic (exact) mass is 543 g/mol. The summed E-state index contributed by atoms with van der Waals surface area (Å²) in [5.74, 6) is -0.525. The van der Waals surface area contributed by atoms with Crippen LogP contribution in [0.25, 0.3) is 22.2 Å². The quantitative estimate of drug-likeness (QED) is 0.241. The summed E-state index contributed by atoms with van der Waals surface area (Å²) in [5, 5.41) is 0.730. The van der Waals surface area contributed by atoms with Crippen molar-refractivity contribution in [2.75, 3.05) is 7.11 Å². The minimum atomic E-state index is -4.47. The molecule has 1 aromatic heterocycles. The largest absolute Gasteiger partial charge is 0.493 e. The Balaban J connectivity index is 1.45. The van der Waals surface area contributed by atoms with Crippen LogP contribution in [0.15, 0.2) is 97.3 Å². The number of fused-ring (bicyclic) bond motifs is 1. The van der Waals surface area contributed by atoms with Crippen molar-refractivity contribution in [2.45, 2.75) is 18.7 Å². The molecule has 0 aliphatic heterocycles. The van der Waals surface area contributed by atoms with E-state index in [4.69, 9.17) is 15.2 Å². The third-order valence-corrected chi connectivity index (χ3v) is 6.53. The Labute approximate surface area is 228 Å². The summed E-state index contributed by atoms with van der Waals surface area (Å²) in [6.45, 7) is 0.363. The van der Waals surface area contributed by atoms with E-state index < -0.39 is 23.6 Å². The number of amides is 1. The Kier molecular flexibility index (Phi) is 7.37. The SMILES string of the molecule is COc1cc2c(-c3ccc(C(C(N)=O)c4ccc(C(F)(F)F)cc4)cc3)ncnc2cc1OCc1ccccc1. The highest BCUT2D eigenvalue weighted by atomic mass is 19.4. The molecule has 4 aromatic carbocycles. The smallest absolute Gasteiger partial charge is 0.416 e. The summed E-state index contributed by atoms with van der Waals surface area (Å²) in [6, 6.07) is 24.8. The molecule has 0 bridgehead atoms. The Hall–Kier alpha value is -4.92. The number of methoxy groups -OCH3 is 1. The predicted octanol–water partition coefficient (Wildman–Crippen LogP) is 6.52. The molecule has 1 atom stereocenters. The number of carbonyl (C=O) groups excluding carboxylic acids is 1. The molecular weight excluding hydrogens is 519 g/mol. The van der Waals surface area contributed by atoms with E-state index in [0.717, 1.165) is 28.6 Å². The first-order valence-corrected chi connectivity index (χ1v) is 12.3. The molecular formula is C31H24F3N3O3. The first-order chi connectivity index (χ1) is 19.2. The number of benzene rings is 4. The molecule has 1 unspecified atom stereocenters. The highest BCUT2D eigenvalue weighted by molar-refractivity contribution is 5.94. The molecule has 202 valence electrons. The summed E-state index contributed by atoms with van der Waals surface area (Å²) in [6.07, 6.45) is -3.02. The van der Waals surface area contributed by atoms with Crippen LogP contribution < -0.4 is 15.2 Å². The number of ether oxygens (including phenoxy) is 2. The third-order valence-electron chi connectivity index (χ3n) is 6.53. The molecule has 0 spiro atoms. The van der Waals surface area contributed by atoms with Gasteiger partial charge in [0.05, 0.1) is 29.8 Å². The number of aromatic nitrogens is 2. The summed E-state index contributed by atoms with van der Waals surface area (Å²) >= 11 is 0. The molecule has 5 rings (SSSR count). The summed E-state index contributed by atoms with van der Waals surface area (Å²) in [7, 11) is 1.56. The Bertz CT molecular complexity index is 1640. The molecule has 6 nitrogen and oxygen atoms in total. The first kappa shape index (κ1) is 26.7. The van der Waals surface area contributed by atoms with Crippen molar-refractivity contribution in [3.8, 4) is 22.8 Å². The number of nitrogens with zero attached hydrogens (tertiary/aromatic N) is 2. The molecule has 0 aliphatic rings. The summed E-state index contributed by atoms with van der Waals surface area (Å²) < 4.78 is 50.5. The van der Waals surface area contributed by atoms with Crippen molar-refractivity contribution in [3.05, 3.63) is 120 Å². The lowest BCUT2D eigenvalue weighted by atomic mass is 9.89. The highest BCUT2D eigenvalue weighted by Crippen LogP contribution is 2.37. The van der Waals surface area contributed by atoms with Crippen LogP contribution in [-0.2, 0) is 17.6 Å². The standard InChI is InChI=1S/C31H24F3N3O3/c1-39-26-15-24-25(16-27(26)40-17-19-5-3-2-4-6-19)36-18-37-29(24)22-9-7-20(8-10-22)28(30(35)38)21-11-13-23(14-12-21)31(32,33)34/h2-16,18,28H,17H2,1H3,(H2,35,38). The lowest BCUT2D eigenvalue weighted by Crippen LogP contribution is -2.22. The van der Waals surface area contributed by atoms with Gasteiger partial charge >= 0.3 is 6.18 Å². The van der Waals surface area contributed by atoms with E-state index in [2.05, 4.69) is 9.97 Å².